The largest absolute Gasteiger partial charge is 0.496 e. The molecule has 1 fully saturated rings. The van der Waals surface area contributed by atoms with E-state index < -0.39 is 0 Å². The highest BCUT2D eigenvalue weighted by Gasteiger charge is 2.26. The Bertz CT molecular complexity index is 373. The molecule has 0 amide bonds. The topological polar surface area (TPSA) is 30.5 Å². The van der Waals surface area contributed by atoms with Gasteiger partial charge in [-0.25, -0.2) is 0 Å². The maximum Gasteiger partial charge on any atom is 0.123 e. The third kappa shape index (κ3) is 3.47. The summed E-state index contributed by atoms with van der Waals surface area (Å²) in [7, 11) is 1.72. The van der Waals surface area contributed by atoms with E-state index in [1.165, 1.54) is 5.56 Å². The minimum atomic E-state index is 0.375. The monoisotopic (exact) mass is 249 g/mol. The SMILES string of the molecule is COc1ccccc1CNCC1(C)CCOCC1. The molecule has 0 aliphatic carbocycles. The first-order valence-corrected chi connectivity index (χ1v) is 6.64. The second kappa shape index (κ2) is 6.21. The molecule has 0 saturated carbocycles. The number of hydrogen-bond acceptors (Lipinski definition) is 3. The van der Waals surface area contributed by atoms with Gasteiger partial charge in [-0.15, -0.1) is 0 Å². The summed E-state index contributed by atoms with van der Waals surface area (Å²) in [5, 5.41) is 3.55. The zero-order valence-electron chi connectivity index (χ0n) is 11.4. The van der Waals surface area contributed by atoms with Crippen LogP contribution < -0.4 is 10.1 Å². The lowest BCUT2D eigenvalue weighted by molar-refractivity contribution is 0.0240. The molecule has 3 heteroatoms. The smallest absolute Gasteiger partial charge is 0.123 e. The van der Waals surface area contributed by atoms with Crippen LogP contribution in [0.1, 0.15) is 25.3 Å². The molecule has 1 N–H and O–H groups in total. The van der Waals surface area contributed by atoms with Crippen LogP contribution in [0.4, 0.5) is 0 Å². The molecule has 0 bridgehead atoms. The molecule has 0 spiro atoms. The number of hydrogen-bond donors (Lipinski definition) is 1. The summed E-state index contributed by atoms with van der Waals surface area (Å²) in [5.74, 6) is 0.960. The summed E-state index contributed by atoms with van der Waals surface area (Å²) in [6.45, 7) is 6.03. The highest BCUT2D eigenvalue weighted by Crippen LogP contribution is 2.29. The Kier molecular flexibility index (Phi) is 4.61. The Hall–Kier alpha value is -1.06. The molecule has 1 heterocycles. The first-order valence-electron chi connectivity index (χ1n) is 6.64. The lowest BCUT2D eigenvalue weighted by Crippen LogP contribution is -2.36. The van der Waals surface area contributed by atoms with Crippen LogP contribution in [-0.4, -0.2) is 26.9 Å². The van der Waals surface area contributed by atoms with Crippen molar-refractivity contribution in [1.82, 2.24) is 5.32 Å². The highest BCUT2D eigenvalue weighted by atomic mass is 16.5. The van der Waals surface area contributed by atoms with Crippen molar-refractivity contribution in [3.8, 4) is 5.75 Å². The minimum Gasteiger partial charge on any atom is -0.496 e. The zero-order valence-corrected chi connectivity index (χ0v) is 11.4. The summed E-state index contributed by atoms with van der Waals surface area (Å²) in [4.78, 5) is 0. The molecule has 1 aliphatic heterocycles. The van der Waals surface area contributed by atoms with Crippen LogP contribution in [0, 0.1) is 5.41 Å². The molecule has 100 valence electrons. The molecule has 0 atom stereocenters. The van der Waals surface area contributed by atoms with Gasteiger partial charge < -0.3 is 14.8 Å². The zero-order chi connectivity index (χ0) is 12.8. The first kappa shape index (κ1) is 13.4. The second-order valence-corrected chi connectivity index (χ2v) is 5.34. The third-order valence-corrected chi connectivity index (χ3v) is 3.76. The molecule has 0 radical (unpaired) electrons. The molecule has 1 aromatic carbocycles. The number of benzene rings is 1. The van der Waals surface area contributed by atoms with Gasteiger partial charge in [-0.3, -0.25) is 0 Å². The van der Waals surface area contributed by atoms with Gasteiger partial charge in [-0.1, -0.05) is 25.1 Å². The number of nitrogens with one attached hydrogen (secondary N) is 1. The summed E-state index contributed by atoms with van der Waals surface area (Å²) in [5.41, 5.74) is 1.59. The summed E-state index contributed by atoms with van der Waals surface area (Å²) in [6.07, 6.45) is 2.29. The van der Waals surface area contributed by atoms with Gasteiger partial charge in [-0.05, 0) is 24.3 Å². The van der Waals surface area contributed by atoms with Gasteiger partial charge in [-0.2, -0.15) is 0 Å². The van der Waals surface area contributed by atoms with Crippen LogP contribution in [-0.2, 0) is 11.3 Å². The normalized spacial score (nSPS) is 18.6. The Morgan fingerprint density at radius 3 is 2.72 bits per heavy atom. The van der Waals surface area contributed by atoms with E-state index in [1.54, 1.807) is 7.11 Å². The first-order chi connectivity index (χ1) is 8.73. The molecular weight excluding hydrogens is 226 g/mol. The van der Waals surface area contributed by atoms with E-state index in [0.717, 1.165) is 44.9 Å². The Morgan fingerprint density at radius 2 is 2.00 bits per heavy atom. The van der Waals surface area contributed by atoms with E-state index in [4.69, 9.17) is 9.47 Å². The van der Waals surface area contributed by atoms with Crippen molar-refractivity contribution >= 4 is 0 Å². The van der Waals surface area contributed by atoms with E-state index in [2.05, 4.69) is 24.4 Å². The summed E-state index contributed by atoms with van der Waals surface area (Å²) >= 11 is 0. The Morgan fingerprint density at radius 1 is 1.28 bits per heavy atom. The van der Waals surface area contributed by atoms with E-state index in [0.29, 0.717) is 5.41 Å². The standard InChI is InChI=1S/C15H23NO2/c1-15(7-9-18-10-8-15)12-16-11-13-5-3-4-6-14(13)17-2/h3-6,16H,7-12H2,1-2H3. The Balaban J connectivity index is 1.84. The fourth-order valence-electron chi connectivity index (χ4n) is 2.39. The van der Waals surface area contributed by atoms with Crippen LogP contribution in [0.3, 0.4) is 0 Å². The van der Waals surface area contributed by atoms with Crippen molar-refractivity contribution in [2.45, 2.75) is 26.3 Å². The fraction of sp³-hybridized carbons (Fsp3) is 0.600. The number of rotatable bonds is 5. The lowest BCUT2D eigenvalue weighted by atomic mass is 9.82. The quantitative estimate of drug-likeness (QED) is 0.870. The van der Waals surface area contributed by atoms with E-state index in [-0.39, 0.29) is 0 Å². The van der Waals surface area contributed by atoms with Gasteiger partial charge in [0, 0.05) is 31.9 Å². The molecule has 1 saturated heterocycles. The van der Waals surface area contributed by atoms with Gasteiger partial charge in [0.2, 0.25) is 0 Å². The maximum atomic E-state index is 5.42. The average molecular weight is 249 g/mol. The van der Waals surface area contributed by atoms with E-state index >= 15 is 0 Å². The van der Waals surface area contributed by atoms with Crippen molar-refractivity contribution in [2.75, 3.05) is 26.9 Å². The van der Waals surface area contributed by atoms with Gasteiger partial charge in [0.15, 0.2) is 0 Å². The van der Waals surface area contributed by atoms with Crippen LogP contribution in [0.25, 0.3) is 0 Å². The molecular formula is C15H23NO2. The highest BCUT2D eigenvalue weighted by molar-refractivity contribution is 5.32. The van der Waals surface area contributed by atoms with E-state index in [1.807, 2.05) is 12.1 Å². The number of ether oxygens (including phenoxy) is 2. The Labute approximate surface area is 109 Å². The number of para-hydroxylation sites is 1. The summed E-state index contributed by atoms with van der Waals surface area (Å²) < 4.78 is 10.8. The van der Waals surface area contributed by atoms with Gasteiger partial charge in [0.1, 0.15) is 5.75 Å². The predicted molar refractivity (Wildman–Crippen MR) is 72.9 cm³/mol. The lowest BCUT2D eigenvalue weighted by Gasteiger charge is -2.33. The van der Waals surface area contributed by atoms with Crippen molar-refractivity contribution < 1.29 is 9.47 Å². The van der Waals surface area contributed by atoms with Crippen LogP contribution >= 0.6 is 0 Å². The third-order valence-electron chi connectivity index (χ3n) is 3.76. The van der Waals surface area contributed by atoms with Crippen LogP contribution in [0.15, 0.2) is 24.3 Å². The van der Waals surface area contributed by atoms with Crippen molar-refractivity contribution in [1.29, 1.82) is 0 Å². The molecule has 2 rings (SSSR count). The van der Waals surface area contributed by atoms with Gasteiger partial charge >= 0.3 is 0 Å². The van der Waals surface area contributed by atoms with E-state index in [9.17, 15) is 0 Å². The molecule has 0 unspecified atom stereocenters. The minimum absolute atomic E-state index is 0.375. The van der Waals surface area contributed by atoms with Crippen molar-refractivity contribution in [3.63, 3.8) is 0 Å². The molecule has 1 aromatic rings. The van der Waals surface area contributed by atoms with Crippen LogP contribution in [0.2, 0.25) is 0 Å². The average Bonchev–Trinajstić information content (AvgIpc) is 2.40. The fourth-order valence-corrected chi connectivity index (χ4v) is 2.39. The molecule has 0 aromatic heterocycles. The number of methoxy groups -OCH3 is 1. The van der Waals surface area contributed by atoms with Gasteiger partial charge in [0.05, 0.1) is 7.11 Å². The van der Waals surface area contributed by atoms with Crippen molar-refractivity contribution in [2.24, 2.45) is 5.41 Å². The van der Waals surface area contributed by atoms with Crippen molar-refractivity contribution in [3.05, 3.63) is 29.8 Å². The molecule has 1 aliphatic rings. The van der Waals surface area contributed by atoms with Gasteiger partial charge in [0.25, 0.3) is 0 Å². The van der Waals surface area contributed by atoms with Crippen LogP contribution in [0.5, 0.6) is 5.75 Å². The predicted octanol–water partition coefficient (Wildman–Crippen LogP) is 2.60. The molecule has 18 heavy (non-hydrogen) atoms. The second-order valence-electron chi connectivity index (χ2n) is 5.34. The summed E-state index contributed by atoms with van der Waals surface area (Å²) in [6, 6.07) is 8.17. The molecule has 3 nitrogen and oxygen atoms in total. The maximum absolute atomic E-state index is 5.42.